The lowest BCUT2D eigenvalue weighted by molar-refractivity contribution is 0.0140. The van der Waals surface area contributed by atoms with E-state index in [1.54, 1.807) is 39.3 Å². The number of allylic oxidation sites excluding steroid dienone is 1. The first-order chi connectivity index (χ1) is 26.3. The first kappa shape index (κ1) is 38.4. The van der Waals surface area contributed by atoms with Gasteiger partial charge < -0.3 is 24.0 Å². The Hall–Kier alpha value is -4.85. The molecule has 1 N–H and O–H groups in total. The number of benzene rings is 2. The van der Waals surface area contributed by atoms with Gasteiger partial charge in [-0.2, -0.15) is 0 Å². The quantitative estimate of drug-likeness (QED) is 0.323. The van der Waals surface area contributed by atoms with Crippen molar-refractivity contribution in [3.8, 4) is 11.6 Å². The molecule has 3 aromatic rings. The maximum absolute atomic E-state index is 14.7. The second kappa shape index (κ2) is 15.4. The standard InChI is InChI=1S/C41H52N6O7S/c1-26-12-16-33-28(19-26)10-8-18-41(33)24-47-21-30-13-15-31(30)35(54-40(50)45(3)4)11-7-9-27(2)23-55(51,44-38(49)32-22-46(5)42-39(32)52-6)43-37(48)29-14-17-36(53-25-41)34(47)20-29/h7,11-12,14,16-17,19-20,22,27,30-31,35H,8-10,13,15,18,21,23-25H2,1-6H3,(H,43,44,48,49,51)/b11-7+/t27-,30-,31+,35-,41-,55?/m0/s1. The molecule has 14 heteroatoms. The summed E-state index contributed by atoms with van der Waals surface area (Å²) in [5, 5.41) is 4.15. The number of methoxy groups -OCH3 is 1. The summed E-state index contributed by atoms with van der Waals surface area (Å²) in [4.78, 5) is 44.4. The summed E-state index contributed by atoms with van der Waals surface area (Å²) >= 11 is 0. The van der Waals surface area contributed by atoms with Crippen molar-refractivity contribution in [2.24, 2.45) is 29.2 Å². The zero-order chi connectivity index (χ0) is 39.1. The van der Waals surface area contributed by atoms with Crippen LogP contribution in [0, 0.1) is 24.7 Å². The maximum atomic E-state index is 14.7. The Morgan fingerprint density at radius 2 is 1.96 bits per heavy atom. The number of carbonyl (C=O) groups is 3. The van der Waals surface area contributed by atoms with Crippen molar-refractivity contribution in [1.82, 2.24) is 19.4 Å². The van der Waals surface area contributed by atoms with Crippen LogP contribution in [0.4, 0.5) is 10.5 Å². The Balaban J connectivity index is 1.32. The van der Waals surface area contributed by atoms with E-state index in [0.717, 1.165) is 37.8 Å². The van der Waals surface area contributed by atoms with Gasteiger partial charge in [-0.3, -0.25) is 19.0 Å². The molecule has 1 fully saturated rings. The lowest BCUT2D eigenvalue weighted by atomic mass is 9.68. The van der Waals surface area contributed by atoms with Crippen LogP contribution >= 0.6 is 0 Å². The second-order valence-corrected chi connectivity index (χ2v) is 18.0. The molecule has 2 aliphatic heterocycles. The van der Waals surface area contributed by atoms with Crippen LogP contribution in [0.1, 0.15) is 76.4 Å². The predicted molar refractivity (Wildman–Crippen MR) is 210 cm³/mol. The van der Waals surface area contributed by atoms with Gasteiger partial charge in [0.25, 0.3) is 11.8 Å². The van der Waals surface area contributed by atoms with Gasteiger partial charge in [-0.15, -0.1) is 9.46 Å². The van der Waals surface area contributed by atoms with E-state index in [0.29, 0.717) is 31.9 Å². The third-order valence-corrected chi connectivity index (χ3v) is 13.5. The summed E-state index contributed by atoms with van der Waals surface area (Å²) in [6.45, 7) is 5.83. The number of fused-ring (bicyclic) bond motifs is 4. The van der Waals surface area contributed by atoms with Gasteiger partial charge in [0.1, 0.15) is 27.3 Å². The highest BCUT2D eigenvalue weighted by molar-refractivity contribution is 7.92. The molecule has 3 heterocycles. The van der Waals surface area contributed by atoms with Gasteiger partial charge >= 0.3 is 6.09 Å². The van der Waals surface area contributed by atoms with Crippen molar-refractivity contribution >= 4 is 33.5 Å². The first-order valence-corrected chi connectivity index (χ1v) is 20.8. The molecule has 13 nitrogen and oxygen atoms in total. The minimum Gasteiger partial charge on any atom is -0.490 e. The lowest BCUT2D eigenvalue weighted by Crippen LogP contribution is -2.50. The highest BCUT2D eigenvalue weighted by Gasteiger charge is 2.45. The molecular formula is C41H52N6O7S. The van der Waals surface area contributed by atoms with Gasteiger partial charge in [0.15, 0.2) is 0 Å². The molecular weight excluding hydrogens is 721 g/mol. The van der Waals surface area contributed by atoms with Crippen molar-refractivity contribution in [3.05, 3.63) is 82.6 Å². The molecule has 1 spiro atoms. The number of aromatic nitrogens is 2. The zero-order valence-corrected chi connectivity index (χ0v) is 33.4. The molecule has 6 atom stereocenters. The van der Waals surface area contributed by atoms with E-state index in [1.807, 2.05) is 19.1 Å². The van der Waals surface area contributed by atoms with Crippen LogP contribution in [0.15, 0.2) is 59.1 Å². The van der Waals surface area contributed by atoms with Crippen molar-refractivity contribution in [3.63, 3.8) is 0 Å². The van der Waals surface area contributed by atoms with Crippen LogP contribution < -0.4 is 19.1 Å². The SMILES string of the molecule is COc1nn(C)cc1C(=O)NS1(=O)=NC(=O)c2ccc3c(c2)N(C[C@@H]2CC[C@H]2[C@@H](OC(=O)N(C)C)/C=C/C[C@H](C)C1)C[C@@]1(CCCc2cc(C)ccc21)CO3. The molecule has 2 aromatic carbocycles. The molecule has 1 unspecified atom stereocenters. The van der Waals surface area contributed by atoms with Gasteiger partial charge in [-0.25, -0.2) is 9.00 Å². The van der Waals surface area contributed by atoms with E-state index in [9.17, 15) is 18.6 Å². The maximum Gasteiger partial charge on any atom is 0.409 e. The minimum atomic E-state index is -3.67. The fourth-order valence-electron chi connectivity index (χ4n) is 8.60. The number of amides is 3. The fourth-order valence-corrected chi connectivity index (χ4v) is 10.5. The molecule has 2 aliphatic carbocycles. The van der Waals surface area contributed by atoms with Crippen molar-refractivity contribution in [1.29, 1.82) is 0 Å². The van der Waals surface area contributed by atoms with Crippen LogP contribution in [0.25, 0.3) is 0 Å². The number of aryl methyl sites for hydroxylation is 3. The van der Waals surface area contributed by atoms with E-state index < -0.39 is 33.9 Å². The summed E-state index contributed by atoms with van der Waals surface area (Å²) in [5.41, 5.74) is 4.67. The molecule has 0 saturated heterocycles. The molecule has 1 aromatic heterocycles. The predicted octanol–water partition coefficient (Wildman–Crippen LogP) is 5.85. The molecule has 7 rings (SSSR count). The van der Waals surface area contributed by atoms with E-state index >= 15 is 0 Å². The van der Waals surface area contributed by atoms with Crippen LogP contribution in [-0.4, -0.2) is 89.6 Å². The van der Waals surface area contributed by atoms with Gasteiger partial charge in [0, 0.05) is 57.3 Å². The highest BCUT2D eigenvalue weighted by atomic mass is 32.2. The number of hydrogen-bond acceptors (Lipinski definition) is 9. The number of nitrogens with zero attached hydrogens (tertiary/aromatic N) is 5. The van der Waals surface area contributed by atoms with Gasteiger partial charge in [-0.05, 0) is 92.7 Å². The average Bonchev–Trinajstić information content (AvgIpc) is 3.44. The normalized spacial score (nSPS) is 28.3. The monoisotopic (exact) mass is 772 g/mol. The summed E-state index contributed by atoms with van der Waals surface area (Å²) in [5.74, 6) is -0.793. The van der Waals surface area contributed by atoms with Crippen LogP contribution in [0.3, 0.4) is 0 Å². The van der Waals surface area contributed by atoms with E-state index in [4.69, 9.17) is 14.2 Å². The van der Waals surface area contributed by atoms with Crippen molar-refractivity contribution < 1.29 is 32.8 Å². The van der Waals surface area contributed by atoms with Crippen molar-refractivity contribution in [2.45, 2.75) is 63.9 Å². The topological polar surface area (TPSA) is 145 Å². The molecule has 3 amide bonds. The summed E-state index contributed by atoms with van der Waals surface area (Å²) < 4.78 is 41.0. The number of anilines is 1. The molecule has 4 aliphatic rings. The Bertz CT molecular complexity index is 2140. The van der Waals surface area contributed by atoms with Gasteiger partial charge in [-0.1, -0.05) is 36.8 Å². The van der Waals surface area contributed by atoms with Gasteiger partial charge in [0.2, 0.25) is 5.88 Å². The van der Waals surface area contributed by atoms with E-state index in [2.05, 4.69) is 44.2 Å². The Labute approximate surface area is 323 Å². The van der Waals surface area contributed by atoms with E-state index in [1.165, 1.54) is 39.6 Å². The molecule has 0 radical (unpaired) electrons. The Morgan fingerprint density at radius 1 is 1.15 bits per heavy atom. The van der Waals surface area contributed by atoms with E-state index in [-0.39, 0.29) is 45.9 Å². The highest BCUT2D eigenvalue weighted by Crippen LogP contribution is 2.47. The fraction of sp³-hybridized carbons (Fsp3) is 0.512. The average molecular weight is 773 g/mol. The van der Waals surface area contributed by atoms with Crippen LogP contribution in [-0.2, 0) is 33.5 Å². The molecule has 55 heavy (non-hydrogen) atoms. The Kier molecular flexibility index (Phi) is 10.7. The smallest absolute Gasteiger partial charge is 0.409 e. The van der Waals surface area contributed by atoms with Crippen molar-refractivity contribution in [2.75, 3.05) is 51.6 Å². The number of rotatable bonds is 4. The summed E-state index contributed by atoms with van der Waals surface area (Å²) in [6.07, 6.45) is 9.80. The van der Waals surface area contributed by atoms with Gasteiger partial charge in [0.05, 0.1) is 25.2 Å². The third-order valence-electron chi connectivity index (χ3n) is 11.5. The third kappa shape index (κ3) is 7.96. The zero-order valence-electron chi connectivity index (χ0n) is 32.6. The molecule has 2 bridgehead atoms. The lowest BCUT2D eigenvalue weighted by Gasteiger charge is -2.46. The number of hydrogen-bond donors (Lipinski definition) is 1. The largest absolute Gasteiger partial charge is 0.490 e. The second-order valence-electron chi connectivity index (χ2n) is 16.0. The molecule has 294 valence electrons. The Morgan fingerprint density at radius 3 is 2.71 bits per heavy atom. The number of nitrogens with one attached hydrogen (secondary N) is 1. The number of carbonyl (C=O) groups excluding carboxylic acids is 3. The first-order valence-electron chi connectivity index (χ1n) is 19.1. The molecule has 1 saturated carbocycles. The summed E-state index contributed by atoms with van der Waals surface area (Å²) in [6, 6.07) is 12.0. The van der Waals surface area contributed by atoms with Crippen LogP contribution in [0.2, 0.25) is 0 Å². The summed E-state index contributed by atoms with van der Waals surface area (Å²) in [7, 11) is 2.71. The van der Waals surface area contributed by atoms with Crippen LogP contribution in [0.5, 0.6) is 11.6 Å². The number of ether oxygens (including phenoxy) is 3. The minimum absolute atomic E-state index is 0.0606.